The summed E-state index contributed by atoms with van der Waals surface area (Å²) in [5.74, 6) is 0.590. The van der Waals surface area contributed by atoms with Crippen LogP contribution in [0.5, 0.6) is 0 Å². The molecule has 0 aliphatic heterocycles. The third-order valence-electron chi connectivity index (χ3n) is 2.63. The van der Waals surface area contributed by atoms with Gasteiger partial charge in [0.15, 0.2) is 0 Å². The lowest BCUT2D eigenvalue weighted by Gasteiger charge is -2.20. The Morgan fingerprint density at radius 1 is 1.44 bits per heavy atom. The van der Waals surface area contributed by atoms with Crippen LogP contribution in [0.15, 0.2) is 29.2 Å². The molecular formula is C12H19BrN2O. The van der Waals surface area contributed by atoms with Gasteiger partial charge in [-0.25, -0.2) is 0 Å². The fraction of sp³-hybridized carbons (Fsp3) is 0.583. The van der Waals surface area contributed by atoms with E-state index in [-0.39, 0.29) is 5.56 Å². The average molecular weight is 287 g/mol. The van der Waals surface area contributed by atoms with Crippen molar-refractivity contribution in [2.24, 2.45) is 5.92 Å². The van der Waals surface area contributed by atoms with Crippen LogP contribution in [0.3, 0.4) is 0 Å². The summed E-state index contributed by atoms with van der Waals surface area (Å²) in [6.45, 7) is 5.91. The van der Waals surface area contributed by atoms with Crippen LogP contribution in [0.2, 0.25) is 0 Å². The molecule has 90 valence electrons. The minimum absolute atomic E-state index is 0.0595. The molecule has 4 heteroatoms. The van der Waals surface area contributed by atoms with Gasteiger partial charge in [0.05, 0.1) is 0 Å². The summed E-state index contributed by atoms with van der Waals surface area (Å²) in [6.07, 6.45) is 1.82. The van der Waals surface area contributed by atoms with E-state index in [1.54, 1.807) is 16.7 Å². The molecule has 0 bridgehead atoms. The number of alkyl halides is 1. The Kier molecular flexibility index (Phi) is 5.77. The monoisotopic (exact) mass is 286 g/mol. The van der Waals surface area contributed by atoms with Gasteiger partial charge in [-0.3, -0.25) is 4.79 Å². The molecule has 0 aliphatic rings. The second-order valence-corrected chi connectivity index (χ2v) is 4.84. The van der Waals surface area contributed by atoms with Gasteiger partial charge in [0, 0.05) is 36.7 Å². The number of hydrogen-bond acceptors (Lipinski definition) is 2. The first kappa shape index (κ1) is 13.5. The zero-order chi connectivity index (χ0) is 12.0. The molecule has 0 saturated carbocycles. The van der Waals surface area contributed by atoms with Crippen molar-refractivity contribution in [3.05, 3.63) is 34.7 Å². The van der Waals surface area contributed by atoms with E-state index in [1.165, 1.54) is 0 Å². The van der Waals surface area contributed by atoms with Gasteiger partial charge in [-0.15, -0.1) is 0 Å². The van der Waals surface area contributed by atoms with Crippen LogP contribution in [0, 0.1) is 5.92 Å². The smallest absolute Gasteiger partial charge is 0.250 e. The van der Waals surface area contributed by atoms with Crippen LogP contribution in [-0.2, 0) is 6.54 Å². The predicted octanol–water partition coefficient (Wildman–Crippen LogP) is 1.86. The standard InChI is InChI=1S/C12H19BrN2O/c1-10(2)11(9-13)14-6-8-15-7-4-3-5-12(15)16/h3-5,7,10-11,14H,6,8-9H2,1-2H3. The summed E-state index contributed by atoms with van der Waals surface area (Å²) < 4.78 is 1.72. The van der Waals surface area contributed by atoms with Gasteiger partial charge in [-0.1, -0.05) is 35.8 Å². The molecular weight excluding hydrogens is 268 g/mol. The van der Waals surface area contributed by atoms with Gasteiger partial charge in [-0.05, 0) is 12.0 Å². The maximum Gasteiger partial charge on any atom is 0.250 e. The molecule has 0 saturated heterocycles. The summed E-state index contributed by atoms with van der Waals surface area (Å²) >= 11 is 3.49. The highest BCUT2D eigenvalue weighted by Gasteiger charge is 2.09. The molecule has 1 rings (SSSR count). The SMILES string of the molecule is CC(C)C(CBr)NCCn1ccccc1=O. The third-order valence-corrected chi connectivity index (χ3v) is 3.33. The molecule has 0 spiro atoms. The van der Waals surface area contributed by atoms with Crippen molar-refractivity contribution in [2.45, 2.75) is 26.4 Å². The Labute approximate surface area is 105 Å². The number of nitrogens with zero attached hydrogens (tertiary/aromatic N) is 1. The number of aromatic nitrogens is 1. The van der Waals surface area contributed by atoms with E-state index in [0.717, 1.165) is 18.4 Å². The van der Waals surface area contributed by atoms with Crippen LogP contribution in [0.1, 0.15) is 13.8 Å². The highest BCUT2D eigenvalue weighted by Crippen LogP contribution is 2.03. The zero-order valence-corrected chi connectivity index (χ0v) is 11.4. The highest BCUT2D eigenvalue weighted by atomic mass is 79.9. The molecule has 1 atom stereocenters. The second kappa shape index (κ2) is 6.86. The van der Waals surface area contributed by atoms with E-state index in [2.05, 4.69) is 35.1 Å². The number of halogens is 1. The lowest BCUT2D eigenvalue weighted by atomic mass is 10.1. The van der Waals surface area contributed by atoms with Crippen LogP contribution >= 0.6 is 15.9 Å². The Morgan fingerprint density at radius 3 is 2.75 bits per heavy atom. The van der Waals surface area contributed by atoms with Gasteiger partial charge in [0.1, 0.15) is 0 Å². The zero-order valence-electron chi connectivity index (χ0n) is 9.82. The van der Waals surface area contributed by atoms with Gasteiger partial charge >= 0.3 is 0 Å². The third kappa shape index (κ3) is 4.10. The number of nitrogens with one attached hydrogen (secondary N) is 1. The lowest BCUT2D eigenvalue weighted by molar-refractivity contribution is 0.422. The predicted molar refractivity (Wildman–Crippen MR) is 71.1 cm³/mol. The minimum atomic E-state index is 0.0595. The van der Waals surface area contributed by atoms with E-state index in [1.807, 2.05) is 12.3 Å². The number of rotatable bonds is 6. The summed E-state index contributed by atoms with van der Waals surface area (Å²) in [7, 11) is 0. The van der Waals surface area contributed by atoms with Crippen LogP contribution in [0.4, 0.5) is 0 Å². The number of hydrogen-bond donors (Lipinski definition) is 1. The van der Waals surface area contributed by atoms with Crippen molar-refractivity contribution in [3.8, 4) is 0 Å². The highest BCUT2D eigenvalue weighted by molar-refractivity contribution is 9.09. The van der Waals surface area contributed by atoms with Gasteiger partial charge in [0.2, 0.25) is 0 Å². The first-order valence-corrected chi connectivity index (χ1v) is 6.72. The topological polar surface area (TPSA) is 34.0 Å². The fourth-order valence-electron chi connectivity index (χ4n) is 1.48. The molecule has 0 aliphatic carbocycles. The Hall–Kier alpha value is -0.610. The van der Waals surface area contributed by atoms with Crippen molar-refractivity contribution in [1.82, 2.24) is 9.88 Å². The van der Waals surface area contributed by atoms with E-state index in [4.69, 9.17) is 0 Å². The largest absolute Gasteiger partial charge is 0.314 e. The van der Waals surface area contributed by atoms with Gasteiger partial charge < -0.3 is 9.88 Å². The fourth-order valence-corrected chi connectivity index (χ4v) is 2.46. The normalized spacial score (nSPS) is 13.0. The summed E-state index contributed by atoms with van der Waals surface area (Å²) in [5, 5.41) is 4.38. The van der Waals surface area contributed by atoms with Crippen molar-refractivity contribution >= 4 is 15.9 Å². The molecule has 1 unspecified atom stereocenters. The van der Waals surface area contributed by atoms with Crippen LogP contribution < -0.4 is 10.9 Å². The van der Waals surface area contributed by atoms with E-state index in [9.17, 15) is 4.79 Å². The van der Waals surface area contributed by atoms with Crippen molar-refractivity contribution in [2.75, 3.05) is 11.9 Å². The molecule has 1 heterocycles. The minimum Gasteiger partial charge on any atom is -0.314 e. The average Bonchev–Trinajstić information content (AvgIpc) is 2.26. The summed E-state index contributed by atoms with van der Waals surface area (Å²) in [6, 6.07) is 5.69. The van der Waals surface area contributed by atoms with E-state index < -0.39 is 0 Å². The first-order chi connectivity index (χ1) is 7.65. The van der Waals surface area contributed by atoms with Crippen molar-refractivity contribution in [3.63, 3.8) is 0 Å². The molecule has 0 radical (unpaired) electrons. The Bertz CT molecular complexity index is 362. The van der Waals surface area contributed by atoms with Crippen LogP contribution in [0.25, 0.3) is 0 Å². The Balaban J connectivity index is 2.41. The number of pyridine rings is 1. The van der Waals surface area contributed by atoms with Crippen molar-refractivity contribution < 1.29 is 0 Å². The van der Waals surface area contributed by atoms with Crippen molar-refractivity contribution in [1.29, 1.82) is 0 Å². The van der Waals surface area contributed by atoms with Gasteiger partial charge in [0.25, 0.3) is 5.56 Å². The molecule has 0 fully saturated rings. The molecule has 0 aromatic carbocycles. The molecule has 3 nitrogen and oxygen atoms in total. The molecule has 16 heavy (non-hydrogen) atoms. The van der Waals surface area contributed by atoms with Crippen LogP contribution in [-0.4, -0.2) is 22.5 Å². The quantitative estimate of drug-likeness (QED) is 0.810. The first-order valence-electron chi connectivity index (χ1n) is 5.60. The van der Waals surface area contributed by atoms with E-state index in [0.29, 0.717) is 12.0 Å². The molecule has 1 aromatic rings. The molecule has 1 N–H and O–H groups in total. The van der Waals surface area contributed by atoms with Gasteiger partial charge in [-0.2, -0.15) is 0 Å². The Morgan fingerprint density at radius 2 is 2.19 bits per heavy atom. The molecule has 0 amide bonds. The lowest BCUT2D eigenvalue weighted by Crippen LogP contribution is -2.38. The maximum absolute atomic E-state index is 11.4. The summed E-state index contributed by atoms with van der Waals surface area (Å²) in [5.41, 5.74) is 0.0595. The second-order valence-electron chi connectivity index (χ2n) is 4.19. The maximum atomic E-state index is 11.4. The summed E-state index contributed by atoms with van der Waals surface area (Å²) in [4.78, 5) is 11.4. The molecule has 1 aromatic heterocycles. The van der Waals surface area contributed by atoms with E-state index >= 15 is 0 Å².